The lowest BCUT2D eigenvalue weighted by Crippen LogP contribution is -2.01. The lowest BCUT2D eigenvalue weighted by atomic mass is 9.90. The zero-order valence-corrected chi connectivity index (χ0v) is 9.77. The average Bonchev–Trinajstić information content (AvgIpc) is 2.13. The Morgan fingerprint density at radius 3 is 2.57 bits per heavy atom. The first-order valence-corrected chi connectivity index (χ1v) is 4.65. The third-order valence-corrected chi connectivity index (χ3v) is 1.63. The zero-order valence-electron chi connectivity index (χ0n) is 8.19. The highest BCUT2D eigenvalue weighted by Gasteiger charge is 2.02. The predicted octanol–water partition coefficient (Wildman–Crippen LogP) is 1.90. The number of methoxy groups -OCH3 is 1. The second-order valence-corrected chi connectivity index (χ2v) is 3.56. The van der Waals surface area contributed by atoms with E-state index in [1.807, 2.05) is 0 Å². The lowest BCUT2D eigenvalue weighted by molar-refractivity contribution is -0.139. The summed E-state index contributed by atoms with van der Waals surface area (Å²) in [5.41, 5.74) is 1.06. The Bertz CT molecular complexity index is 334. The molecule has 0 spiro atoms. The van der Waals surface area contributed by atoms with E-state index in [1.165, 1.54) is 7.11 Å². The Kier molecular flexibility index (Phi) is 6.06. The summed E-state index contributed by atoms with van der Waals surface area (Å²) in [5.74, 6) is 4.99. The molecule has 0 atom stereocenters. The molecule has 2 nitrogen and oxygen atoms in total. The van der Waals surface area contributed by atoms with Gasteiger partial charge in [-0.25, -0.2) is 0 Å². The molecule has 0 aromatic rings. The minimum atomic E-state index is -0.329. The first-order chi connectivity index (χ1) is 6.47. The highest BCUT2D eigenvalue weighted by molar-refractivity contribution is 9.12. The monoisotopic (exact) mass is 252 g/mol. The van der Waals surface area contributed by atoms with Crippen molar-refractivity contribution in [3.63, 3.8) is 0 Å². The molecule has 0 rings (SSSR count). The van der Waals surface area contributed by atoms with E-state index >= 15 is 0 Å². The van der Waals surface area contributed by atoms with Crippen LogP contribution in [0.2, 0.25) is 0 Å². The van der Waals surface area contributed by atoms with Crippen LogP contribution in [0.4, 0.5) is 0 Å². The van der Waals surface area contributed by atoms with Crippen LogP contribution in [-0.2, 0) is 9.53 Å². The summed E-state index contributed by atoms with van der Waals surface area (Å²) in [7, 11) is 6.94. The van der Waals surface area contributed by atoms with Crippen LogP contribution in [0.3, 0.4) is 0 Å². The second-order valence-electron chi connectivity index (χ2n) is 2.60. The van der Waals surface area contributed by atoms with Gasteiger partial charge in [-0.1, -0.05) is 24.0 Å². The average molecular weight is 253 g/mol. The van der Waals surface area contributed by atoms with Crippen molar-refractivity contribution in [1.29, 1.82) is 0 Å². The van der Waals surface area contributed by atoms with Crippen LogP contribution in [0.15, 0.2) is 22.1 Å². The lowest BCUT2D eigenvalue weighted by Gasteiger charge is -2.01. The molecule has 0 unspecified atom stereocenters. The van der Waals surface area contributed by atoms with Gasteiger partial charge in [0.2, 0.25) is 0 Å². The number of rotatable bonds is 2. The van der Waals surface area contributed by atoms with Gasteiger partial charge in [0.05, 0.1) is 18.0 Å². The molecule has 0 aromatic heterocycles. The van der Waals surface area contributed by atoms with Crippen molar-refractivity contribution in [2.24, 2.45) is 0 Å². The molecule has 0 saturated carbocycles. The summed E-state index contributed by atoms with van der Waals surface area (Å²) < 4.78 is 5.04. The Labute approximate surface area is 93.9 Å². The van der Waals surface area contributed by atoms with Crippen molar-refractivity contribution in [3.8, 4) is 11.8 Å². The van der Waals surface area contributed by atoms with E-state index < -0.39 is 0 Å². The fraction of sp³-hybridized carbons (Fsp3) is 0.300. The van der Waals surface area contributed by atoms with Crippen LogP contribution < -0.4 is 0 Å². The molecule has 14 heavy (non-hydrogen) atoms. The van der Waals surface area contributed by atoms with Gasteiger partial charge in [-0.3, -0.25) is 4.79 Å². The molecule has 0 amide bonds. The van der Waals surface area contributed by atoms with Gasteiger partial charge in [-0.05, 0) is 28.3 Å². The third kappa shape index (κ3) is 5.66. The highest BCUT2D eigenvalue weighted by Crippen LogP contribution is 2.06. The molecule has 0 N–H and O–H groups in total. The van der Waals surface area contributed by atoms with E-state index in [-0.39, 0.29) is 12.4 Å². The van der Waals surface area contributed by atoms with Crippen molar-refractivity contribution in [2.75, 3.05) is 7.11 Å². The number of ether oxygens (including phenoxy) is 1. The number of halogens is 1. The third-order valence-electron chi connectivity index (χ3n) is 1.43. The Hall–Kier alpha value is -0.945. The number of allylic oxidation sites excluding steroid dienone is 2. The van der Waals surface area contributed by atoms with E-state index in [1.54, 1.807) is 6.92 Å². The highest BCUT2D eigenvalue weighted by atomic mass is 79.9. The van der Waals surface area contributed by atoms with Crippen LogP contribution >= 0.6 is 15.9 Å². The van der Waals surface area contributed by atoms with Crippen LogP contribution in [0, 0.1) is 11.8 Å². The SMILES string of the molecule is [B]/C(C#CC(=C)Br)=C(/C)CC(=O)OC. The van der Waals surface area contributed by atoms with Crippen molar-refractivity contribution in [3.05, 3.63) is 22.1 Å². The van der Waals surface area contributed by atoms with Crippen molar-refractivity contribution >= 4 is 29.7 Å². The minimum Gasteiger partial charge on any atom is -0.469 e. The molecule has 0 aromatic carbocycles. The van der Waals surface area contributed by atoms with Crippen molar-refractivity contribution < 1.29 is 9.53 Å². The van der Waals surface area contributed by atoms with Gasteiger partial charge >= 0.3 is 5.97 Å². The molecule has 72 valence electrons. The summed E-state index contributed by atoms with van der Waals surface area (Å²) in [6, 6.07) is 0. The summed E-state index contributed by atoms with van der Waals surface area (Å²) in [6.07, 6.45) is 0.159. The van der Waals surface area contributed by atoms with Gasteiger partial charge in [0.25, 0.3) is 0 Å². The van der Waals surface area contributed by atoms with Gasteiger partial charge in [0.1, 0.15) is 7.85 Å². The maximum atomic E-state index is 10.9. The quantitative estimate of drug-likeness (QED) is 0.426. The van der Waals surface area contributed by atoms with Gasteiger partial charge in [-0.2, -0.15) is 0 Å². The Morgan fingerprint density at radius 2 is 2.14 bits per heavy atom. The van der Waals surface area contributed by atoms with E-state index in [0.29, 0.717) is 15.5 Å². The van der Waals surface area contributed by atoms with Crippen LogP contribution in [-0.4, -0.2) is 20.9 Å². The Morgan fingerprint density at radius 1 is 1.57 bits per heavy atom. The van der Waals surface area contributed by atoms with Gasteiger partial charge in [0, 0.05) is 0 Å². The summed E-state index contributed by atoms with van der Waals surface area (Å²) in [4.78, 5) is 10.9. The fourth-order valence-corrected chi connectivity index (χ4v) is 0.725. The van der Waals surface area contributed by atoms with Crippen LogP contribution in [0.25, 0.3) is 0 Å². The molecule has 0 saturated heterocycles. The molecule has 4 heteroatoms. The topological polar surface area (TPSA) is 26.3 Å². The summed E-state index contributed by atoms with van der Waals surface area (Å²) in [6.45, 7) is 5.27. The largest absolute Gasteiger partial charge is 0.469 e. The first-order valence-electron chi connectivity index (χ1n) is 3.85. The second kappa shape index (κ2) is 6.50. The van der Waals surface area contributed by atoms with E-state index in [2.05, 4.69) is 39.1 Å². The maximum absolute atomic E-state index is 10.9. The van der Waals surface area contributed by atoms with Gasteiger partial charge in [-0.15, -0.1) is 0 Å². The van der Waals surface area contributed by atoms with Gasteiger partial charge in [0.15, 0.2) is 0 Å². The maximum Gasteiger partial charge on any atom is 0.309 e. The molecule has 0 aliphatic heterocycles. The normalized spacial score (nSPS) is 10.8. The van der Waals surface area contributed by atoms with Gasteiger partial charge < -0.3 is 4.74 Å². The van der Waals surface area contributed by atoms with E-state index in [4.69, 9.17) is 7.85 Å². The summed E-state index contributed by atoms with van der Waals surface area (Å²) >= 11 is 3.08. The zero-order chi connectivity index (χ0) is 11.1. The van der Waals surface area contributed by atoms with E-state index in [9.17, 15) is 4.79 Å². The Balaban J connectivity index is 4.54. The van der Waals surface area contributed by atoms with E-state index in [0.717, 1.165) is 0 Å². The smallest absolute Gasteiger partial charge is 0.309 e. The van der Waals surface area contributed by atoms with Crippen LogP contribution in [0.5, 0.6) is 0 Å². The number of esters is 1. The number of carbonyl (C=O) groups excluding carboxylic acids is 1. The van der Waals surface area contributed by atoms with Crippen LogP contribution in [0.1, 0.15) is 13.3 Å². The fourth-order valence-electron chi connectivity index (χ4n) is 0.626. The molecule has 0 heterocycles. The van der Waals surface area contributed by atoms with Crippen molar-refractivity contribution in [2.45, 2.75) is 13.3 Å². The predicted molar refractivity (Wildman–Crippen MR) is 60.9 cm³/mol. The molecule has 0 bridgehead atoms. The number of hydrogen-bond donors (Lipinski definition) is 0. The number of carbonyl (C=O) groups is 1. The standard InChI is InChI=1S/C10H10BBrO2/c1-7(6-10(13)14-3)9(11)5-4-8(2)12/h2,6H2,1,3H3/b9-7-. The molecule has 0 fully saturated rings. The molecular weight excluding hydrogens is 243 g/mol. The molecule has 0 aliphatic carbocycles. The molecule has 0 aliphatic rings. The molecule has 2 radical (unpaired) electrons. The number of hydrogen-bond acceptors (Lipinski definition) is 2. The molecular formula is C10H10BBrO2. The minimum absolute atomic E-state index is 0.159. The van der Waals surface area contributed by atoms with Crippen molar-refractivity contribution in [1.82, 2.24) is 0 Å². The summed E-state index contributed by atoms with van der Waals surface area (Å²) in [5, 5.41) is 0. The first kappa shape index (κ1) is 13.1.